The number of aromatic nitrogens is 3. The largest absolute Gasteiger partial charge is 0.465 e. The predicted molar refractivity (Wildman–Crippen MR) is 80.2 cm³/mol. The van der Waals surface area contributed by atoms with E-state index in [1.807, 2.05) is 31.2 Å². The Kier molecular flexibility index (Phi) is 5.24. The SMILES string of the molecule is CCOC(=O)Cn1ncc(NC(=O)Cc2ccccc2C)n1. The van der Waals surface area contributed by atoms with Crippen LogP contribution in [-0.4, -0.2) is 33.5 Å². The number of ether oxygens (including phenoxy) is 1. The number of aryl methyl sites for hydroxylation is 1. The summed E-state index contributed by atoms with van der Waals surface area (Å²) in [4.78, 5) is 24.5. The second-order valence-electron chi connectivity index (χ2n) is 4.72. The topological polar surface area (TPSA) is 86.1 Å². The van der Waals surface area contributed by atoms with E-state index in [1.54, 1.807) is 6.92 Å². The number of carbonyl (C=O) groups excluding carboxylic acids is 2. The smallest absolute Gasteiger partial charge is 0.329 e. The average molecular weight is 302 g/mol. The van der Waals surface area contributed by atoms with Crippen molar-refractivity contribution in [3.63, 3.8) is 0 Å². The van der Waals surface area contributed by atoms with Gasteiger partial charge in [-0.3, -0.25) is 4.79 Å². The van der Waals surface area contributed by atoms with E-state index in [0.29, 0.717) is 12.4 Å². The highest BCUT2D eigenvalue weighted by Crippen LogP contribution is 2.09. The highest BCUT2D eigenvalue weighted by atomic mass is 16.5. The second kappa shape index (κ2) is 7.35. The molecule has 0 atom stereocenters. The van der Waals surface area contributed by atoms with Crippen LogP contribution in [0, 0.1) is 6.92 Å². The maximum absolute atomic E-state index is 12.0. The van der Waals surface area contributed by atoms with Gasteiger partial charge in [-0.2, -0.15) is 9.90 Å². The van der Waals surface area contributed by atoms with Crippen molar-refractivity contribution >= 4 is 17.7 Å². The van der Waals surface area contributed by atoms with E-state index in [9.17, 15) is 9.59 Å². The van der Waals surface area contributed by atoms with E-state index < -0.39 is 5.97 Å². The summed E-state index contributed by atoms with van der Waals surface area (Å²) in [6.45, 7) is 3.91. The van der Waals surface area contributed by atoms with Crippen LogP contribution in [-0.2, 0) is 27.3 Å². The third-order valence-corrected chi connectivity index (χ3v) is 2.99. The lowest BCUT2D eigenvalue weighted by Crippen LogP contribution is -2.17. The molecule has 0 bridgehead atoms. The lowest BCUT2D eigenvalue weighted by molar-refractivity contribution is -0.144. The third kappa shape index (κ3) is 4.41. The maximum atomic E-state index is 12.0. The molecule has 116 valence electrons. The van der Waals surface area contributed by atoms with Crippen LogP contribution < -0.4 is 5.32 Å². The molecule has 0 radical (unpaired) electrons. The first-order valence-corrected chi connectivity index (χ1v) is 6.98. The highest BCUT2D eigenvalue weighted by Gasteiger charge is 2.10. The standard InChI is InChI=1S/C15H18N4O3/c1-3-22-15(21)10-19-16-9-13(18-19)17-14(20)8-12-7-5-4-6-11(12)2/h4-7,9H,3,8,10H2,1-2H3,(H,17,18,20). The molecule has 0 unspecified atom stereocenters. The molecular weight excluding hydrogens is 284 g/mol. The summed E-state index contributed by atoms with van der Waals surface area (Å²) >= 11 is 0. The molecule has 0 saturated carbocycles. The van der Waals surface area contributed by atoms with E-state index >= 15 is 0 Å². The van der Waals surface area contributed by atoms with E-state index in [-0.39, 0.29) is 18.9 Å². The van der Waals surface area contributed by atoms with E-state index in [4.69, 9.17) is 4.74 Å². The Balaban J connectivity index is 1.91. The van der Waals surface area contributed by atoms with Gasteiger partial charge in [-0.25, -0.2) is 4.79 Å². The third-order valence-electron chi connectivity index (χ3n) is 2.99. The first kappa shape index (κ1) is 15.7. The van der Waals surface area contributed by atoms with Gasteiger partial charge in [-0.05, 0) is 25.0 Å². The van der Waals surface area contributed by atoms with E-state index in [1.165, 1.54) is 11.0 Å². The molecule has 1 aromatic carbocycles. The van der Waals surface area contributed by atoms with E-state index in [2.05, 4.69) is 15.5 Å². The number of nitrogens with zero attached hydrogens (tertiary/aromatic N) is 3. The number of hydrogen-bond donors (Lipinski definition) is 1. The Morgan fingerprint density at radius 3 is 2.82 bits per heavy atom. The maximum Gasteiger partial charge on any atom is 0.329 e. The zero-order valence-corrected chi connectivity index (χ0v) is 12.6. The average Bonchev–Trinajstić information content (AvgIpc) is 2.88. The number of carbonyl (C=O) groups is 2. The molecular formula is C15H18N4O3. The summed E-state index contributed by atoms with van der Waals surface area (Å²) in [6.07, 6.45) is 1.66. The summed E-state index contributed by atoms with van der Waals surface area (Å²) < 4.78 is 4.80. The fourth-order valence-corrected chi connectivity index (χ4v) is 1.92. The zero-order valence-electron chi connectivity index (χ0n) is 12.6. The zero-order chi connectivity index (χ0) is 15.9. The van der Waals surface area contributed by atoms with Crippen LogP contribution in [0.2, 0.25) is 0 Å². The van der Waals surface area contributed by atoms with Crippen LogP contribution in [0.25, 0.3) is 0 Å². The minimum atomic E-state index is -0.420. The molecule has 1 aromatic heterocycles. The number of benzene rings is 1. The molecule has 2 aromatic rings. The number of esters is 1. The lowest BCUT2D eigenvalue weighted by atomic mass is 10.1. The number of amides is 1. The molecule has 0 aliphatic carbocycles. The van der Waals surface area contributed by atoms with Crippen molar-refractivity contribution in [3.05, 3.63) is 41.6 Å². The fourth-order valence-electron chi connectivity index (χ4n) is 1.92. The second-order valence-corrected chi connectivity index (χ2v) is 4.72. The molecule has 1 N–H and O–H groups in total. The minimum absolute atomic E-state index is 0.0818. The Morgan fingerprint density at radius 1 is 1.32 bits per heavy atom. The number of rotatable bonds is 6. The Morgan fingerprint density at radius 2 is 2.09 bits per heavy atom. The molecule has 0 spiro atoms. The van der Waals surface area contributed by atoms with Gasteiger partial charge in [0.2, 0.25) is 5.91 Å². The lowest BCUT2D eigenvalue weighted by Gasteiger charge is -2.05. The predicted octanol–water partition coefficient (Wildman–Crippen LogP) is 1.33. The number of hydrogen-bond acceptors (Lipinski definition) is 5. The summed E-state index contributed by atoms with van der Waals surface area (Å²) in [6, 6.07) is 7.69. The molecule has 1 amide bonds. The molecule has 2 rings (SSSR count). The van der Waals surface area contributed by atoms with Crippen molar-refractivity contribution in [2.45, 2.75) is 26.8 Å². The van der Waals surface area contributed by atoms with Gasteiger partial charge in [0.1, 0.15) is 0 Å². The summed E-state index contributed by atoms with van der Waals surface area (Å²) in [5.41, 5.74) is 2.02. The van der Waals surface area contributed by atoms with E-state index in [0.717, 1.165) is 11.1 Å². The Hall–Kier alpha value is -2.70. The molecule has 0 saturated heterocycles. The summed E-state index contributed by atoms with van der Waals surface area (Å²) in [5.74, 6) is -0.295. The van der Waals surface area contributed by atoms with Crippen molar-refractivity contribution in [1.82, 2.24) is 15.0 Å². The monoisotopic (exact) mass is 302 g/mol. The van der Waals surface area contributed by atoms with Crippen molar-refractivity contribution in [1.29, 1.82) is 0 Å². The van der Waals surface area contributed by atoms with Gasteiger partial charge >= 0.3 is 5.97 Å². The van der Waals surface area contributed by atoms with Gasteiger partial charge in [0.25, 0.3) is 0 Å². The van der Waals surface area contributed by atoms with Crippen molar-refractivity contribution < 1.29 is 14.3 Å². The summed E-state index contributed by atoms with van der Waals surface area (Å²) in [5, 5.41) is 10.6. The van der Waals surface area contributed by atoms with Gasteiger partial charge in [0.05, 0.1) is 19.2 Å². The molecule has 0 fully saturated rings. The van der Waals surface area contributed by atoms with Crippen molar-refractivity contribution in [2.75, 3.05) is 11.9 Å². The van der Waals surface area contributed by atoms with Crippen LogP contribution in [0.1, 0.15) is 18.1 Å². The fraction of sp³-hybridized carbons (Fsp3) is 0.333. The summed E-state index contributed by atoms with van der Waals surface area (Å²) in [7, 11) is 0. The van der Waals surface area contributed by atoms with Gasteiger partial charge in [-0.1, -0.05) is 24.3 Å². The normalized spacial score (nSPS) is 10.3. The molecule has 7 nitrogen and oxygen atoms in total. The van der Waals surface area contributed by atoms with Gasteiger partial charge in [-0.15, -0.1) is 5.10 Å². The Bertz CT molecular complexity index is 666. The first-order valence-electron chi connectivity index (χ1n) is 6.98. The van der Waals surface area contributed by atoms with Crippen LogP contribution in [0.3, 0.4) is 0 Å². The van der Waals surface area contributed by atoms with Gasteiger partial charge < -0.3 is 10.1 Å². The van der Waals surface area contributed by atoms with Crippen molar-refractivity contribution in [2.24, 2.45) is 0 Å². The number of nitrogens with one attached hydrogen (secondary N) is 1. The van der Waals surface area contributed by atoms with Crippen LogP contribution in [0.5, 0.6) is 0 Å². The minimum Gasteiger partial charge on any atom is -0.465 e. The van der Waals surface area contributed by atoms with Crippen LogP contribution in [0.15, 0.2) is 30.5 Å². The molecule has 1 heterocycles. The Labute approximate surface area is 128 Å². The van der Waals surface area contributed by atoms with Crippen molar-refractivity contribution in [3.8, 4) is 0 Å². The molecule has 0 aliphatic rings. The van der Waals surface area contributed by atoms with Crippen LogP contribution >= 0.6 is 0 Å². The molecule has 22 heavy (non-hydrogen) atoms. The highest BCUT2D eigenvalue weighted by molar-refractivity contribution is 5.91. The first-order chi connectivity index (χ1) is 10.6. The number of anilines is 1. The molecule has 7 heteroatoms. The molecule has 0 aliphatic heterocycles. The van der Waals surface area contributed by atoms with Gasteiger partial charge in [0, 0.05) is 0 Å². The quantitative estimate of drug-likeness (QED) is 0.814. The van der Waals surface area contributed by atoms with Crippen LogP contribution in [0.4, 0.5) is 5.82 Å². The van der Waals surface area contributed by atoms with Gasteiger partial charge in [0.15, 0.2) is 12.4 Å².